The van der Waals surface area contributed by atoms with Crippen LogP contribution in [0.25, 0.3) is 33.8 Å². The van der Waals surface area contributed by atoms with Gasteiger partial charge in [-0.2, -0.15) is 5.26 Å². The Hall–Kier alpha value is -4.48. The van der Waals surface area contributed by atoms with Crippen molar-refractivity contribution < 1.29 is 0 Å². The lowest BCUT2D eigenvalue weighted by Crippen LogP contribution is -2.61. The first-order chi connectivity index (χ1) is 20.5. The predicted molar refractivity (Wildman–Crippen MR) is 170 cm³/mol. The molecule has 42 heavy (non-hydrogen) atoms. The van der Waals surface area contributed by atoms with Crippen molar-refractivity contribution in [3.63, 3.8) is 0 Å². The number of nitriles is 1. The van der Waals surface area contributed by atoms with E-state index < -0.39 is 0 Å². The number of hydrogen-bond acceptors (Lipinski definition) is 7. The maximum atomic E-state index is 9.34. The van der Waals surface area contributed by atoms with Gasteiger partial charge in [0.25, 0.3) is 0 Å². The highest BCUT2D eigenvalue weighted by Gasteiger charge is 2.45. The van der Waals surface area contributed by atoms with Gasteiger partial charge in [0.2, 0.25) is 0 Å². The molecule has 2 saturated heterocycles. The molecule has 0 saturated carbocycles. The normalized spacial score (nSPS) is 16.7. The number of fused-ring (bicyclic) bond motifs is 1. The van der Waals surface area contributed by atoms with E-state index in [2.05, 4.69) is 57.1 Å². The molecule has 0 bridgehead atoms. The van der Waals surface area contributed by atoms with E-state index in [4.69, 9.17) is 15.7 Å². The van der Waals surface area contributed by atoms with Gasteiger partial charge >= 0.3 is 0 Å². The van der Waals surface area contributed by atoms with E-state index in [1.54, 1.807) is 6.20 Å². The molecule has 1 aromatic carbocycles. The van der Waals surface area contributed by atoms with Gasteiger partial charge in [-0.1, -0.05) is 44.2 Å². The molecule has 8 nitrogen and oxygen atoms in total. The van der Waals surface area contributed by atoms with Crippen molar-refractivity contribution in [2.75, 3.05) is 31.9 Å². The van der Waals surface area contributed by atoms with Crippen LogP contribution in [0.1, 0.15) is 51.8 Å². The van der Waals surface area contributed by atoms with E-state index in [-0.39, 0.29) is 5.41 Å². The van der Waals surface area contributed by atoms with E-state index >= 15 is 0 Å². The number of imidazole rings is 1. The van der Waals surface area contributed by atoms with Crippen LogP contribution < -0.4 is 5.73 Å². The number of hydrogen-bond donors (Lipinski definition) is 1. The van der Waals surface area contributed by atoms with Gasteiger partial charge < -0.3 is 10.6 Å². The number of aromatic nitrogens is 4. The summed E-state index contributed by atoms with van der Waals surface area (Å²) in [4.78, 5) is 18.7. The molecule has 0 atom stereocenters. The minimum atomic E-state index is 0.282. The lowest BCUT2D eigenvalue weighted by molar-refractivity contribution is -0.0465. The van der Waals surface area contributed by atoms with Crippen LogP contribution in [0.2, 0.25) is 0 Å². The third-order valence-corrected chi connectivity index (χ3v) is 8.06. The van der Waals surface area contributed by atoms with Crippen LogP contribution in [0.3, 0.4) is 0 Å². The molecule has 216 valence electrons. The van der Waals surface area contributed by atoms with Crippen molar-refractivity contribution in [2.45, 2.75) is 47.1 Å². The molecular formula is C34H40N8. The molecule has 4 aromatic rings. The van der Waals surface area contributed by atoms with Gasteiger partial charge in [-0.05, 0) is 74.2 Å². The second kappa shape index (κ2) is 12.6. The zero-order valence-corrected chi connectivity index (χ0v) is 25.1. The summed E-state index contributed by atoms with van der Waals surface area (Å²) < 4.78 is 2.08. The molecule has 3 aromatic heterocycles. The molecule has 8 heteroatoms. The summed E-state index contributed by atoms with van der Waals surface area (Å²) in [6, 6.07) is 16.5. The number of anilines is 1. The van der Waals surface area contributed by atoms with Crippen LogP contribution in [0, 0.1) is 16.9 Å². The van der Waals surface area contributed by atoms with E-state index in [0.717, 1.165) is 78.7 Å². The van der Waals surface area contributed by atoms with Crippen LogP contribution in [0.5, 0.6) is 0 Å². The molecule has 2 N–H and O–H groups in total. The largest absolute Gasteiger partial charge is 0.383 e. The van der Waals surface area contributed by atoms with Crippen LogP contribution in [-0.2, 0) is 6.54 Å². The Morgan fingerprint density at radius 3 is 2.52 bits per heavy atom. The number of piperidine rings is 1. The first-order valence-electron chi connectivity index (χ1n) is 14.9. The summed E-state index contributed by atoms with van der Waals surface area (Å²) in [7, 11) is 0. The smallest absolute Gasteiger partial charge is 0.179 e. The third kappa shape index (κ3) is 5.65. The summed E-state index contributed by atoms with van der Waals surface area (Å²) in [5.74, 6) is 1.15. The molecule has 1 spiro atoms. The van der Waals surface area contributed by atoms with Crippen LogP contribution >= 0.6 is 0 Å². The van der Waals surface area contributed by atoms with Crippen molar-refractivity contribution in [3.8, 4) is 23.3 Å². The molecular weight excluding hydrogens is 520 g/mol. The maximum Gasteiger partial charge on any atom is 0.179 e. The highest BCUT2D eigenvalue weighted by molar-refractivity contribution is 5.85. The van der Waals surface area contributed by atoms with Crippen LogP contribution in [-0.4, -0.2) is 55.5 Å². The Morgan fingerprint density at radius 2 is 1.83 bits per heavy atom. The van der Waals surface area contributed by atoms with Gasteiger partial charge in [0.05, 0.1) is 11.3 Å². The molecule has 0 radical (unpaired) electrons. The summed E-state index contributed by atoms with van der Waals surface area (Å²) in [5.41, 5.74) is 13.1. The standard InChI is InChI=1S/C32H34N8.C2H6/c1-3-7-24(4-2)27-13-14-28-31(36-27)40(30(37-28)26-8-5-16-35-29(26)34)25-11-9-23(10-12-25)18-39-20-32(21-39)15-6-17-38(19-32)22-33;1-2/h3-5,7-14,16H,6,15,17-21H2,1-2H3,(H2,34,35);1-2H3/b7-3-,24-4+;. The molecule has 0 amide bonds. The van der Waals surface area contributed by atoms with Crippen LogP contribution in [0.4, 0.5) is 5.82 Å². The minimum Gasteiger partial charge on any atom is -0.383 e. The van der Waals surface area contributed by atoms with Gasteiger partial charge in [-0.15, -0.1) is 0 Å². The number of nitrogens with two attached hydrogens (primary N) is 1. The molecule has 6 rings (SSSR count). The molecule has 2 fully saturated rings. The van der Waals surface area contributed by atoms with Crippen molar-refractivity contribution in [1.82, 2.24) is 29.3 Å². The Labute approximate surface area is 248 Å². The van der Waals surface area contributed by atoms with Gasteiger partial charge in [0.15, 0.2) is 17.7 Å². The average Bonchev–Trinajstić information content (AvgIpc) is 3.39. The summed E-state index contributed by atoms with van der Waals surface area (Å²) in [5, 5.41) is 9.34. The van der Waals surface area contributed by atoms with E-state index in [1.165, 1.54) is 12.0 Å². The number of likely N-dealkylation sites (tertiary alicyclic amines) is 2. The third-order valence-electron chi connectivity index (χ3n) is 8.06. The quantitative estimate of drug-likeness (QED) is 0.214. The zero-order valence-electron chi connectivity index (χ0n) is 25.1. The van der Waals surface area contributed by atoms with Crippen molar-refractivity contribution in [3.05, 3.63) is 84.2 Å². The number of rotatable bonds is 6. The second-order valence-corrected chi connectivity index (χ2v) is 10.9. The fourth-order valence-corrected chi connectivity index (χ4v) is 6.23. The predicted octanol–water partition coefficient (Wildman–Crippen LogP) is 6.45. The number of benzene rings is 1. The first-order valence-corrected chi connectivity index (χ1v) is 14.9. The lowest BCUT2D eigenvalue weighted by atomic mass is 9.73. The topological polar surface area (TPSA) is 99.9 Å². The highest BCUT2D eigenvalue weighted by Crippen LogP contribution is 2.39. The van der Waals surface area contributed by atoms with Gasteiger partial charge in [-0.3, -0.25) is 9.47 Å². The van der Waals surface area contributed by atoms with Gasteiger partial charge in [0, 0.05) is 50.0 Å². The number of pyridine rings is 2. The maximum absolute atomic E-state index is 9.34. The SMILES string of the molecule is C/C=C\C(=C/C)c1ccc2nc(-c3cccnc3N)n(-c3ccc(CN4CC5(CCCN(C#N)C5)C4)cc3)c2n1.CC. The van der Waals surface area contributed by atoms with Crippen LogP contribution in [0.15, 0.2) is 73.0 Å². The molecule has 5 heterocycles. The Kier molecular flexibility index (Phi) is 8.69. The Bertz CT molecular complexity index is 1630. The summed E-state index contributed by atoms with van der Waals surface area (Å²) in [6.45, 7) is 12.8. The summed E-state index contributed by atoms with van der Waals surface area (Å²) in [6.07, 6.45) is 12.5. The summed E-state index contributed by atoms with van der Waals surface area (Å²) >= 11 is 0. The highest BCUT2D eigenvalue weighted by atomic mass is 15.2. The monoisotopic (exact) mass is 560 g/mol. The molecule has 0 unspecified atom stereocenters. The van der Waals surface area contributed by atoms with Crippen molar-refractivity contribution in [1.29, 1.82) is 5.26 Å². The zero-order chi connectivity index (χ0) is 29.7. The first kappa shape index (κ1) is 29.0. The Balaban J connectivity index is 0.00000173. The average molecular weight is 561 g/mol. The minimum absolute atomic E-state index is 0.282. The van der Waals surface area contributed by atoms with E-state index in [9.17, 15) is 5.26 Å². The van der Waals surface area contributed by atoms with E-state index in [0.29, 0.717) is 5.82 Å². The lowest BCUT2D eigenvalue weighted by Gasteiger charge is -2.54. The number of allylic oxidation sites excluding steroid dienone is 4. The van der Waals surface area contributed by atoms with E-state index in [1.807, 2.05) is 62.9 Å². The molecule has 0 aliphatic carbocycles. The van der Waals surface area contributed by atoms with Crippen molar-refractivity contribution >= 4 is 22.6 Å². The number of nitrogens with zero attached hydrogens (tertiary/aromatic N) is 7. The molecule has 2 aliphatic heterocycles. The fraction of sp³-hybridized carbons (Fsp3) is 0.353. The second-order valence-electron chi connectivity index (χ2n) is 10.9. The Morgan fingerprint density at radius 1 is 1.05 bits per heavy atom. The van der Waals surface area contributed by atoms with Gasteiger partial charge in [0.1, 0.15) is 11.3 Å². The van der Waals surface area contributed by atoms with Gasteiger partial charge in [-0.25, -0.2) is 15.0 Å². The molecule has 2 aliphatic rings. The van der Waals surface area contributed by atoms with Crippen molar-refractivity contribution in [2.24, 2.45) is 5.41 Å². The number of nitrogen functional groups attached to an aromatic ring is 1. The fourth-order valence-electron chi connectivity index (χ4n) is 6.23.